The highest BCUT2D eigenvalue weighted by Gasteiger charge is 1.91. The number of hydrogen-bond acceptors (Lipinski definition) is 1. The zero-order valence-electron chi connectivity index (χ0n) is 13.2. The van der Waals surface area contributed by atoms with Gasteiger partial charge in [0.2, 0.25) is 0 Å². The van der Waals surface area contributed by atoms with Gasteiger partial charge in [-0.25, -0.2) is 0 Å². The molecule has 0 radical (unpaired) electrons. The summed E-state index contributed by atoms with van der Waals surface area (Å²) >= 11 is 0. The van der Waals surface area contributed by atoms with Crippen LogP contribution in [0.1, 0.15) is 84.0 Å². The average Bonchev–Trinajstić information content (AvgIpc) is 2.43. The van der Waals surface area contributed by atoms with Crippen molar-refractivity contribution in [1.82, 2.24) is 0 Å². The minimum Gasteiger partial charge on any atom is -0.481 e. The van der Waals surface area contributed by atoms with E-state index in [9.17, 15) is 4.79 Å². The number of rotatable bonds is 14. The topological polar surface area (TPSA) is 37.3 Å². The van der Waals surface area contributed by atoms with Crippen LogP contribution in [-0.4, -0.2) is 11.1 Å². The van der Waals surface area contributed by atoms with Gasteiger partial charge in [0.1, 0.15) is 0 Å². The summed E-state index contributed by atoms with van der Waals surface area (Å²) in [5, 5.41) is 8.47. The van der Waals surface area contributed by atoms with Gasteiger partial charge < -0.3 is 5.11 Å². The predicted octanol–water partition coefficient (Wildman–Crippen LogP) is 5.88. The number of allylic oxidation sites excluding steroid dienone is 4. The highest BCUT2D eigenvalue weighted by molar-refractivity contribution is 5.66. The van der Waals surface area contributed by atoms with Gasteiger partial charge in [-0.15, -0.1) is 0 Å². The molecule has 0 aromatic carbocycles. The maximum Gasteiger partial charge on any atom is 0.303 e. The van der Waals surface area contributed by atoms with Gasteiger partial charge in [-0.3, -0.25) is 4.79 Å². The van der Waals surface area contributed by atoms with Crippen LogP contribution in [-0.2, 0) is 4.79 Å². The molecule has 0 aromatic heterocycles. The smallest absolute Gasteiger partial charge is 0.303 e. The Morgan fingerprint density at radius 3 is 1.95 bits per heavy atom. The zero-order chi connectivity index (χ0) is 14.9. The first-order valence-corrected chi connectivity index (χ1v) is 8.29. The van der Waals surface area contributed by atoms with E-state index in [-0.39, 0.29) is 6.42 Å². The van der Waals surface area contributed by atoms with E-state index in [1.807, 2.05) is 12.2 Å². The Balaban J connectivity index is 3.17. The van der Waals surface area contributed by atoms with Gasteiger partial charge in [-0.1, -0.05) is 76.2 Å². The van der Waals surface area contributed by atoms with Gasteiger partial charge >= 0.3 is 5.97 Å². The van der Waals surface area contributed by atoms with Gasteiger partial charge in [0.05, 0.1) is 0 Å². The number of hydrogen-bond donors (Lipinski definition) is 1. The van der Waals surface area contributed by atoms with Gasteiger partial charge in [-0.05, 0) is 25.7 Å². The molecule has 0 spiro atoms. The van der Waals surface area contributed by atoms with Crippen LogP contribution in [0.25, 0.3) is 0 Å². The van der Waals surface area contributed by atoms with Gasteiger partial charge in [0.15, 0.2) is 0 Å². The molecule has 0 saturated heterocycles. The van der Waals surface area contributed by atoms with Crippen molar-refractivity contribution in [2.75, 3.05) is 0 Å². The number of carboxylic acid groups (broad SMARTS) is 1. The van der Waals surface area contributed by atoms with E-state index in [1.165, 1.54) is 57.8 Å². The summed E-state index contributed by atoms with van der Waals surface area (Å²) in [5.41, 5.74) is 0. The quantitative estimate of drug-likeness (QED) is 0.318. The highest BCUT2D eigenvalue weighted by atomic mass is 16.4. The molecule has 0 aromatic rings. The second-order valence-corrected chi connectivity index (χ2v) is 5.37. The summed E-state index contributed by atoms with van der Waals surface area (Å²) in [5.74, 6) is -0.722. The molecule has 0 aliphatic carbocycles. The van der Waals surface area contributed by atoms with Crippen LogP contribution < -0.4 is 0 Å². The van der Waals surface area contributed by atoms with Crippen LogP contribution in [0.5, 0.6) is 0 Å². The molecule has 116 valence electrons. The van der Waals surface area contributed by atoms with Crippen LogP contribution >= 0.6 is 0 Å². The van der Waals surface area contributed by atoms with E-state index >= 15 is 0 Å². The number of unbranched alkanes of at least 4 members (excludes halogenated alkanes) is 8. The Bertz CT molecular complexity index is 267. The first kappa shape index (κ1) is 18.9. The average molecular weight is 280 g/mol. The third-order valence-electron chi connectivity index (χ3n) is 3.35. The number of carboxylic acids is 1. The summed E-state index contributed by atoms with van der Waals surface area (Å²) in [6, 6.07) is 0. The monoisotopic (exact) mass is 280 g/mol. The maximum atomic E-state index is 10.3. The standard InChI is InChI=1S/C18H32O2/c1-2-3-4-5-6-7-8-9-10-11-12-13-14-15-16-17-18(19)20/h11-12,14-15H,2-10,13,16-17H2,1H3,(H,19,20). The third kappa shape index (κ3) is 16.9. The second kappa shape index (κ2) is 16.0. The van der Waals surface area contributed by atoms with E-state index in [4.69, 9.17) is 5.11 Å². The molecule has 0 rings (SSSR count). The molecule has 0 unspecified atom stereocenters. The number of carbonyl (C=O) groups is 1. The molecule has 0 bridgehead atoms. The lowest BCUT2D eigenvalue weighted by molar-refractivity contribution is -0.136. The molecule has 0 fully saturated rings. The van der Waals surface area contributed by atoms with Gasteiger partial charge in [0.25, 0.3) is 0 Å². The Morgan fingerprint density at radius 1 is 0.800 bits per heavy atom. The molecule has 0 aliphatic rings. The highest BCUT2D eigenvalue weighted by Crippen LogP contribution is 2.09. The predicted molar refractivity (Wildman–Crippen MR) is 87.0 cm³/mol. The summed E-state index contributed by atoms with van der Waals surface area (Å²) in [4.78, 5) is 10.3. The molecule has 0 atom stereocenters. The van der Waals surface area contributed by atoms with Crippen molar-refractivity contribution in [2.24, 2.45) is 0 Å². The van der Waals surface area contributed by atoms with E-state index < -0.39 is 5.97 Å². The van der Waals surface area contributed by atoms with Crippen molar-refractivity contribution in [3.63, 3.8) is 0 Å². The Kier molecular flexibility index (Phi) is 15.2. The van der Waals surface area contributed by atoms with Crippen LogP contribution in [0.2, 0.25) is 0 Å². The van der Waals surface area contributed by atoms with Crippen LogP contribution in [0.15, 0.2) is 24.3 Å². The van der Waals surface area contributed by atoms with Crippen LogP contribution in [0.4, 0.5) is 0 Å². The third-order valence-corrected chi connectivity index (χ3v) is 3.35. The fourth-order valence-corrected chi connectivity index (χ4v) is 2.11. The molecule has 0 amide bonds. The van der Waals surface area contributed by atoms with Crippen molar-refractivity contribution < 1.29 is 9.90 Å². The molecule has 0 saturated carbocycles. The van der Waals surface area contributed by atoms with Crippen molar-refractivity contribution in [1.29, 1.82) is 0 Å². The normalized spacial score (nSPS) is 11.7. The molecule has 0 heterocycles. The van der Waals surface area contributed by atoms with Gasteiger partial charge in [0, 0.05) is 6.42 Å². The minimum atomic E-state index is -0.722. The van der Waals surface area contributed by atoms with Crippen molar-refractivity contribution >= 4 is 5.97 Å². The fourth-order valence-electron chi connectivity index (χ4n) is 2.11. The fraction of sp³-hybridized carbons (Fsp3) is 0.722. The Labute approximate surface area is 125 Å². The Morgan fingerprint density at radius 2 is 1.35 bits per heavy atom. The van der Waals surface area contributed by atoms with Crippen molar-refractivity contribution in [3.05, 3.63) is 24.3 Å². The van der Waals surface area contributed by atoms with E-state index in [1.54, 1.807) is 0 Å². The van der Waals surface area contributed by atoms with Crippen molar-refractivity contribution in [2.45, 2.75) is 84.0 Å². The second-order valence-electron chi connectivity index (χ2n) is 5.37. The molecule has 1 N–H and O–H groups in total. The molecule has 20 heavy (non-hydrogen) atoms. The molecule has 0 aliphatic heterocycles. The number of aliphatic carboxylic acids is 1. The minimum absolute atomic E-state index is 0.235. The summed E-state index contributed by atoms with van der Waals surface area (Å²) < 4.78 is 0. The molecule has 2 nitrogen and oxygen atoms in total. The van der Waals surface area contributed by atoms with Gasteiger partial charge in [-0.2, -0.15) is 0 Å². The van der Waals surface area contributed by atoms with E-state index in [2.05, 4.69) is 19.1 Å². The first-order chi connectivity index (χ1) is 9.77. The Hall–Kier alpha value is -1.05. The maximum absolute atomic E-state index is 10.3. The molecular weight excluding hydrogens is 248 g/mol. The largest absolute Gasteiger partial charge is 0.481 e. The lowest BCUT2D eigenvalue weighted by Gasteiger charge is -1.99. The van der Waals surface area contributed by atoms with Crippen LogP contribution in [0.3, 0.4) is 0 Å². The first-order valence-electron chi connectivity index (χ1n) is 8.29. The van der Waals surface area contributed by atoms with E-state index in [0.29, 0.717) is 6.42 Å². The summed E-state index contributed by atoms with van der Waals surface area (Å²) in [6.07, 6.45) is 22.4. The molecular formula is C18H32O2. The lowest BCUT2D eigenvalue weighted by Crippen LogP contribution is -1.91. The molecule has 2 heteroatoms. The lowest BCUT2D eigenvalue weighted by atomic mass is 10.1. The summed E-state index contributed by atoms with van der Waals surface area (Å²) in [7, 11) is 0. The summed E-state index contributed by atoms with van der Waals surface area (Å²) in [6.45, 7) is 2.26. The van der Waals surface area contributed by atoms with E-state index in [0.717, 1.165) is 6.42 Å². The SMILES string of the molecule is CCCCCCCCCCC=CCC=CCCC(=O)O. The van der Waals surface area contributed by atoms with Crippen LogP contribution in [0, 0.1) is 0 Å². The van der Waals surface area contributed by atoms with Crippen molar-refractivity contribution in [3.8, 4) is 0 Å². The zero-order valence-corrected chi connectivity index (χ0v) is 13.2.